The summed E-state index contributed by atoms with van der Waals surface area (Å²) in [7, 11) is -1.34. The molecule has 78 valence electrons. The van der Waals surface area contributed by atoms with E-state index < -0.39 is 13.6 Å². The van der Waals surface area contributed by atoms with Crippen molar-refractivity contribution >= 4 is 13.6 Å². The zero-order valence-electron chi connectivity index (χ0n) is 7.26. The SMILES string of the molecule is COOP(=O)(CCC(=O)O)OOC. The van der Waals surface area contributed by atoms with Crippen LogP contribution < -0.4 is 0 Å². The fourth-order valence-electron chi connectivity index (χ4n) is 0.547. The number of hydrogen-bond acceptors (Lipinski definition) is 6. The molecule has 0 aliphatic rings. The fraction of sp³-hybridized carbons (Fsp3) is 0.800. The van der Waals surface area contributed by atoms with Crippen molar-refractivity contribution in [3.63, 3.8) is 0 Å². The quantitative estimate of drug-likeness (QED) is 0.380. The standard InChI is InChI=1S/C5H11O7P/c1-9-11-13(8,12-10-2)4-3-5(6)7/h3-4H2,1-2H3,(H,6,7). The van der Waals surface area contributed by atoms with E-state index >= 15 is 0 Å². The molecule has 0 aliphatic carbocycles. The van der Waals surface area contributed by atoms with Crippen LogP contribution in [0.1, 0.15) is 6.42 Å². The molecule has 0 aromatic heterocycles. The molecule has 0 radical (unpaired) electrons. The number of carboxylic acids is 1. The minimum atomic E-state index is -3.60. The van der Waals surface area contributed by atoms with Crippen LogP contribution in [0.2, 0.25) is 0 Å². The summed E-state index contributed by atoms with van der Waals surface area (Å²) in [5.74, 6) is -1.11. The molecule has 0 heterocycles. The molecule has 0 fully saturated rings. The van der Waals surface area contributed by atoms with Gasteiger partial charge >= 0.3 is 13.6 Å². The van der Waals surface area contributed by atoms with Crippen LogP contribution in [0.5, 0.6) is 0 Å². The lowest BCUT2D eigenvalue weighted by atomic mass is 10.5. The van der Waals surface area contributed by atoms with E-state index in [0.29, 0.717) is 0 Å². The van der Waals surface area contributed by atoms with Gasteiger partial charge in [-0.1, -0.05) is 0 Å². The Kier molecular flexibility index (Phi) is 5.85. The number of aliphatic carboxylic acids is 1. The molecule has 7 nitrogen and oxygen atoms in total. The zero-order chi connectivity index (χ0) is 10.3. The number of hydrogen-bond donors (Lipinski definition) is 1. The predicted octanol–water partition coefficient (Wildman–Crippen LogP) is 0.810. The summed E-state index contributed by atoms with van der Waals surface area (Å²) in [5.41, 5.74) is 0. The van der Waals surface area contributed by atoms with Crippen molar-refractivity contribution < 1.29 is 33.6 Å². The minimum absolute atomic E-state index is 0.315. The van der Waals surface area contributed by atoms with Crippen molar-refractivity contribution in [2.24, 2.45) is 0 Å². The van der Waals surface area contributed by atoms with E-state index in [1.807, 2.05) is 0 Å². The molecule has 1 N–H and O–H groups in total. The van der Waals surface area contributed by atoms with Crippen molar-refractivity contribution in [2.45, 2.75) is 6.42 Å². The molecule has 0 unspecified atom stereocenters. The first kappa shape index (κ1) is 12.5. The molecule has 0 rings (SSSR count). The second-order valence-electron chi connectivity index (χ2n) is 1.96. The second kappa shape index (κ2) is 6.06. The highest BCUT2D eigenvalue weighted by molar-refractivity contribution is 7.53. The summed E-state index contributed by atoms with van der Waals surface area (Å²) in [5, 5.41) is 8.30. The Labute approximate surface area is 74.9 Å². The van der Waals surface area contributed by atoms with Crippen LogP contribution in [0.4, 0.5) is 0 Å². The van der Waals surface area contributed by atoms with Crippen molar-refractivity contribution in [2.75, 3.05) is 20.4 Å². The van der Waals surface area contributed by atoms with Gasteiger partial charge < -0.3 is 5.11 Å². The van der Waals surface area contributed by atoms with Crippen molar-refractivity contribution in [1.82, 2.24) is 0 Å². The maximum absolute atomic E-state index is 11.4. The zero-order valence-corrected chi connectivity index (χ0v) is 8.15. The monoisotopic (exact) mass is 214 g/mol. The molecule has 0 amide bonds. The van der Waals surface area contributed by atoms with Crippen LogP contribution in [0.25, 0.3) is 0 Å². The Balaban J connectivity index is 4.07. The highest BCUT2D eigenvalue weighted by atomic mass is 31.2. The molecule has 0 aliphatic heterocycles. The maximum atomic E-state index is 11.4. The summed E-state index contributed by atoms with van der Waals surface area (Å²) >= 11 is 0. The lowest BCUT2D eigenvalue weighted by molar-refractivity contribution is -0.242. The van der Waals surface area contributed by atoms with E-state index in [9.17, 15) is 9.36 Å². The van der Waals surface area contributed by atoms with Gasteiger partial charge in [0.2, 0.25) is 0 Å². The maximum Gasteiger partial charge on any atom is 0.384 e. The van der Waals surface area contributed by atoms with Gasteiger partial charge in [0.25, 0.3) is 0 Å². The van der Waals surface area contributed by atoms with E-state index in [-0.39, 0.29) is 12.6 Å². The lowest BCUT2D eigenvalue weighted by Gasteiger charge is -2.12. The molecular weight excluding hydrogens is 203 g/mol. The molecule has 0 atom stereocenters. The molecule has 0 aromatic rings. The van der Waals surface area contributed by atoms with Gasteiger partial charge in [-0.05, 0) is 0 Å². The van der Waals surface area contributed by atoms with Crippen molar-refractivity contribution in [3.8, 4) is 0 Å². The molecule has 13 heavy (non-hydrogen) atoms. The van der Waals surface area contributed by atoms with Crippen molar-refractivity contribution in [1.29, 1.82) is 0 Å². The van der Waals surface area contributed by atoms with Gasteiger partial charge in [-0.2, -0.15) is 0 Å². The third kappa shape index (κ3) is 5.73. The normalized spacial score (nSPS) is 11.5. The Morgan fingerprint density at radius 3 is 2.08 bits per heavy atom. The van der Waals surface area contributed by atoms with Gasteiger partial charge in [0.05, 0.1) is 26.8 Å². The van der Waals surface area contributed by atoms with E-state index in [0.717, 1.165) is 14.2 Å². The Morgan fingerprint density at radius 1 is 1.31 bits per heavy atom. The van der Waals surface area contributed by atoms with E-state index in [2.05, 4.69) is 19.1 Å². The van der Waals surface area contributed by atoms with Gasteiger partial charge in [0, 0.05) is 0 Å². The Morgan fingerprint density at radius 2 is 1.77 bits per heavy atom. The second-order valence-corrected chi connectivity index (χ2v) is 3.93. The molecule has 0 saturated heterocycles. The van der Waals surface area contributed by atoms with Crippen LogP contribution in [0.3, 0.4) is 0 Å². The molecular formula is C5H11O7P. The molecule has 0 aromatic carbocycles. The Bertz CT molecular complexity index is 193. The van der Waals surface area contributed by atoms with Crippen LogP contribution in [-0.4, -0.2) is 31.5 Å². The van der Waals surface area contributed by atoms with Crippen LogP contribution in [-0.2, 0) is 28.5 Å². The van der Waals surface area contributed by atoms with Crippen LogP contribution >= 0.6 is 7.60 Å². The minimum Gasteiger partial charge on any atom is -0.481 e. The first-order valence-electron chi connectivity index (χ1n) is 3.30. The van der Waals surface area contributed by atoms with Gasteiger partial charge in [0.1, 0.15) is 0 Å². The molecule has 8 heteroatoms. The average molecular weight is 214 g/mol. The number of carbonyl (C=O) groups is 1. The molecule has 0 bridgehead atoms. The van der Waals surface area contributed by atoms with Gasteiger partial charge in [0.15, 0.2) is 0 Å². The van der Waals surface area contributed by atoms with Crippen LogP contribution in [0, 0.1) is 0 Å². The summed E-state index contributed by atoms with van der Waals surface area (Å²) in [6.07, 6.45) is -0.673. The fourth-order valence-corrected chi connectivity index (χ4v) is 1.64. The van der Waals surface area contributed by atoms with Crippen molar-refractivity contribution in [3.05, 3.63) is 0 Å². The van der Waals surface area contributed by atoms with Gasteiger partial charge in [-0.3, -0.25) is 9.36 Å². The smallest absolute Gasteiger partial charge is 0.384 e. The highest BCUT2D eigenvalue weighted by Crippen LogP contribution is 2.48. The molecule has 0 saturated carbocycles. The number of rotatable bonds is 7. The van der Waals surface area contributed by atoms with Crippen LogP contribution in [0.15, 0.2) is 0 Å². The average Bonchev–Trinajstić information content (AvgIpc) is 2.02. The molecule has 0 spiro atoms. The van der Waals surface area contributed by atoms with Gasteiger partial charge in [-0.25, -0.2) is 9.78 Å². The largest absolute Gasteiger partial charge is 0.481 e. The summed E-state index contributed by atoms with van der Waals surface area (Å²) < 4.78 is 19.9. The first-order chi connectivity index (χ1) is 6.04. The Hall–Kier alpha value is -0.460. The third-order valence-electron chi connectivity index (χ3n) is 0.976. The summed E-state index contributed by atoms with van der Waals surface area (Å²) in [6.45, 7) is 0. The third-order valence-corrected chi connectivity index (χ3v) is 2.50. The van der Waals surface area contributed by atoms with E-state index in [1.165, 1.54) is 0 Å². The first-order valence-corrected chi connectivity index (χ1v) is 5.02. The summed E-state index contributed by atoms with van der Waals surface area (Å²) in [6, 6.07) is 0. The summed E-state index contributed by atoms with van der Waals surface area (Å²) in [4.78, 5) is 18.4. The highest BCUT2D eigenvalue weighted by Gasteiger charge is 2.28. The van der Waals surface area contributed by atoms with Gasteiger partial charge in [-0.15, -0.1) is 9.35 Å². The topological polar surface area (TPSA) is 91.3 Å². The number of carboxylic acid groups (broad SMARTS) is 1. The van der Waals surface area contributed by atoms with E-state index in [1.54, 1.807) is 0 Å². The lowest BCUT2D eigenvalue weighted by Crippen LogP contribution is -2.04. The predicted molar refractivity (Wildman–Crippen MR) is 40.9 cm³/mol. The van der Waals surface area contributed by atoms with E-state index in [4.69, 9.17) is 5.11 Å².